The molecule has 0 aromatic carbocycles. The van der Waals surface area contributed by atoms with E-state index >= 15 is 0 Å². The molecule has 3 heterocycles. The van der Waals surface area contributed by atoms with Gasteiger partial charge >= 0.3 is 0 Å². The van der Waals surface area contributed by atoms with Crippen LogP contribution in [-0.2, 0) is 14.8 Å². The van der Waals surface area contributed by atoms with Crippen LogP contribution in [0.1, 0.15) is 52.4 Å². The lowest BCUT2D eigenvalue weighted by molar-refractivity contribution is 0.0173. The molecule has 3 fully saturated rings. The Morgan fingerprint density at radius 2 is 1.74 bits per heavy atom. The van der Waals surface area contributed by atoms with Crippen molar-refractivity contribution in [3.63, 3.8) is 0 Å². The predicted octanol–water partition coefficient (Wildman–Crippen LogP) is 3.59. The Kier molecular flexibility index (Phi) is 7.41. The van der Waals surface area contributed by atoms with E-state index in [0.717, 1.165) is 62.7 Å². The van der Waals surface area contributed by atoms with Crippen molar-refractivity contribution in [2.24, 2.45) is 17.8 Å². The van der Waals surface area contributed by atoms with Crippen LogP contribution >= 0.6 is 11.6 Å². The molecule has 2 saturated heterocycles. The molecular formula is C22H35ClN4O3S. The molecule has 3 aliphatic rings. The van der Waals surface area contributed by atoms with Crippen molar-refractivity contribution in [1.82, 2.24) is 14.3 Å². The largest absolute Gasteiger partial charge is 0.378 e. The Hall–Kier alpha value is -0.960. The molecule has 174 valence electrons. The summed E-state index contributed by atoms with van der Waals surface area (Å²) in [5.74, 6) is 3.23. The van der Waals surface area contributed by atoms with Gasteiger partial charge in [-0.25, -0.2) is 22.7 Å². The van der Waals surface area contributed by atoms with E-state index in [1.165, 1.54) is 19.3 Å². The number of anilines is 1. The second-order valence-electron chi connectivity index (χ2n) is 9.54. The Balaban J connectivity index is 1.11. The van der Waals surface area contributed by atoms with Crippen LogP contribution < -0.4 is 4.90 Å². The molecule has 2 aliphatic heterocycles. The van der Waals surface area contributed by atoms with Crippen molar-refractivity contribution in [3.05, 3.63) is 17.4 Å². The number of hydrogen-bond acceptors (Lipinski definition) is 6. The normalized spacial score (nSPS) is 26.5. The predicted molar refractivity (Wildman–Crippen MR) is 123 cm³/mol. The quantitative estimate of drug-likeness (QED) is 0.577. The topological polar surface area (TPSA) is 75.6 Å². The van der Waals surface area contributed by atoms with E-state index in [0.29, 0.717) is 18.1 Å². The lowest BCUT2D eigenvalue weighted by atomic mass is 9.90. The van der Waals surface area contributed by atoms with Gasteiger partial charge in [0.05, 0.1) is 28.8 Å². The molecule has 9 heteroatoms. The van der Waals surface area contributed by atoms with Gasteiger partial charge in [0.1, 0.15) is 0 Å². The number of piperidine rings is 2. The fourth-order valence-electron chi connectivity index (χ4n) is 5.11. The van der Waals surface area contributed by atoms with Crippen LogP contribution in [0.5, 0.6) is 0 Å². The van der Waals surface area contributed by atoms with Gasteiger partial charge in [-0.2, -0.15) is 0 Å². The molecule has 0 unspecified atom stereocenters. The van der Waals surface area contributed by atoms with Gasteiger partial charge in [0.2, 0.25) is 16.0 Å². The van der Waals surface area contributed by atoms with Crippen LogP contribution in [-0.4, -0.2) is 66.8 Å². The standard InChI is InChI=1S/C22H35ClN4O3S/c1-16(2)31(28,29)27-10-5-20(6-11-27)30-12-7-18-13-21(18)17-3-8-26(9-4-17)22-24-14-19(23)15-25-22/h14-18,20-21H,3-13H2,1-2H3/t18-,21-/m1/s1. The number of hydrogen-bond donors (Lipinski definition) is 0. The van der Waals surface area contributed by atoms with Crippen molar-refractivity contribution >= 4 is 27.6 Å². The maximum atomic E-state index is 12.3. The minimum absolute atomic E-state index is 0.207. The third-order valence-corrected chi connectivity index (χ3v) is 9.68. The highest BCUT2D eigenvalue weighted by Crippen LogP contribution is 2.50. The molecular weight excluding hydrogens is 436 g/mol. The van der Waals surface area contributed by atoms with E-state index in [1.54, 1.807) is 30.5 Å². The van der Waals surface area contributed by atoms with Gasteiger partial charge in [-0.05, 0) is 70.1 Å². The zero-order valence-corrected chi connectivity index (χ0v) is 20.2. The number of ether oxygens (including phenoxy) is 1. The number of nitrogens with zero attached hydrogens (tertiary/aromatic N) is 4. The summed E-state index contributed by atoms with van der Waals surface area (Å²) in [6.07, 6.45) is 10.0. The van der Waals surface area contributed by atoms with Crippen LogP contribution in [0.2, 0.25) is 5.02 Å². The molecule has 4 rings (SSSR count). The van der Waals surface area contributed by atoms with Gasteiger partial charge in [0.15, 0.2) is 0 Å². The number of sulfonamides is 1. The summed E-state index contributed by atoms with van der Waals surface area (Å²) in [4.78, 5) is 11.0. The molecule has 1 aliphatic carbocycles. The summed E-state index contributed by atoms with van der Waals surface area (Å²) in [6, 6.07) is 0. The summed E-state index contributed by atoms with van der Waals surface area (Å²) in [5.41, 5.74) is 0. The zero-order chi connectivity index (χ0) is 22.0. The lowest BCUT2D eigenvalue weighted by Crippen LogP contribution is -2.43. The first-order valence-electron chi connectivity index (χ1n) is 11.7. The van der Waals surface area contributed by atoms with Crippen molar-refractivity contribution in [2.75, 3.05) is 37.7 Å². The molecule has 0 N–H and O–H groups in total. The Bertz CT molecular complexity index is 820. The SMILES string of the molecule is CC(C)S(=O)(=O)N1CCC(OCC[C@@H]2C[C@@H]2C2CCN(c3ncc(Cl)cn3)CC2)CC1. The number of aromatic nitrogens is 2. The van der Waals surface area contributed by atoms with E-state index in [4.69, 9.17) is 16.3 Å². The molecule has 1 aromatic heterocycles. The summed E-state index contributed by atoms with van der Waals surface area (Å²) in [7, 11) is -3.13. The molecule has 31 heavy (non-hydrogen) atoms. The van der Waals surface area contributed by atoms with Crippen LogP contribution in [0.3, 0.4) is 0 Å². The van der Waals surface area contributed by atoms with Gasteiger partial charge in [-0.15, -0.1) is 0 Å². The summed E-state index contributed by atoms with van der Waals surface area (Å²) in [5, 5.41) is 0.232. The summed E-state index contributed by atoms with van der Waals surface area (Å²) < 4.78 is 32.3. The van der Waals surface area contributed by atoms with Crippen LogP contribution in [0, 0.1) is 17.8 Å². The maximum absolute atomic E-state index is 12.3. The highest BCUT2D eigenvalue weighted by atomic mass is 35.5. The number of rotatable bonds is 8. The summed E-state index contributed by atoms with van der Waals surface area (Å²) >= 11 is 5.89. The Morgan fingerprint density at radius 1 is 1.10 bits per heavy atom. The summed E-state index contributed by atoms with van der Waals surface area (Å²) in [6.45, 7) is 7.52. The molecule has 1 aromatic rings. The van der Waals surface area contributed by atoms with Gasteiger partial charge < -0.3 is 9.64 Å². The van der Waals surface area contributed by atoms with E-state index in [9.17, 15) is 8.42 Å². The minimum Gasteiger partial charge on any atom is -0.378 e. The molecule has 0 bridgehead atoms. The molecule has 1 saturated carbocycles. The Morgan fingerprint density at radius 3 is 2.35 bits per heavy atom. The average molecular weight is 471 g/mol. The van der Waals surface area contributed by atoms with Crippen molar-refractivity contribution in [2.45, 2.75) is 63.7 Å². The van der Waals surface area contributed by atoms with Crippen LogP contribution in [0.4, 0.5) is 5.95 Å². The third kappa shape index (κ3) is 5.70. The van der Waals surface area contributed by atoms with E-state index in [1.807, 2.05) is 0 Å². The van der Waals surface area contributed by atoms with Crippen LogP contribution in [0.15, 0.2) is 12.4 Å². The van der Waals surface area contributed by atoms with Gasteiger partial charge in [0.25, 0.3) is 0 Å². The zero-order valence-electron chi connectivity index (χ0n) is 18.6. The van der Waals surface area contributed by atoms with Crippen molar-refractivity contribution in [3.8, 4) is 0 Å². The van der Waals surface area contributed by atoms with Crippen molar-refractivity contribution < 1.29 is 13.2 Å². The van der Waals surface area contributed by atoms with E-state index in [2.05, 4.69) is 14.9 Å². The van der Waals surface area contributed by atoms with Gasteiger partial charge in [0, 0.05) is 32.8 Å². The first kappa shape index (κ1) is 23.2. The fourth-order valence-corrected chi connectivity index (χ4v) is 6.53. The van der Waals surface area contributed by atoms with E-state index < -0.39 is 10.0 Å². The van der Waals surface area contributed by atoms with Gasteiger partial charge in [-0.1, -0.05) is 11.6 Å². The highest BCUT2D eigenvalue weighted by Gasteiger charge is 2.43. The number of halogens is 1. The third-order valence-electron chi connectivity index (χ3n) is 7.21. The first-order chi connectivity index (χ1) is 14.8. The van der Waals surface area contributed by atoms with Crippen molar-refractivity contribution in [1.29, 1.82) is 0 Å². The van der Waals surface area contributed by atoms with Crippen LogP contribution in [0.25, 0.3) is 0 Å². The maximum Gasteiger partial charge on any atom is 0.225 e. The second kappa shape index (κ2) is 9.89. The molecule has 0 amide bonds. The highest BCUT2D eigenvalue weighted by molar-refractivity contribution is 7.89. The Labute approximate surface area is 191 Å². The first-order valence-corrected chi connectivity index (χ1v) is 13.6. The second-order valence-corrected chi connectivity index (χ2v) is 12.5. The molecule has 0 radical (unpaired) electrons. The molecule has 0 spiro atoms. The molecule has 7 nitrogen and oxygen atoms in total. The fraction of sp³-hybridized carbons (Fsp3) is 0.818. The smallest absolute Gasteiger partial charge is 0.225 e. The average Bonchev–Trinajstić information content (AvgIpc) is 3.54. The monoisotopic (exact) mass is 470 g/mol. The van der Waals surface area contributed by atoms with E-state index in [-0.39, 0.29) is 11.4 Å². The molecule has 2 atom stereocenters. The lowest BCUT2D eigenvalue weighted by Gasteiger charge is -2.32. The minimum atomic E-state index is -3.13. The van der Waals surface area contributed by atoms with Gasteiger partial charge in [-0.3, -0.25) is 0 Å².